The maximum Gasteiger partial charge on any atom is 0.106 e. The molecule has 0 saturated carbocycles. The maximum atomic E-state index is 4.36. The lowest BCUT2D eigenvalue weighted by atomic mass is 10.1. The Morgan fingerprint density at radius 3 is 2.74 bits per heavy atom. The van der Waals surface area contributed by atoms with Crippen LogP contribution in [0.2, 0.25) is 0 Å². The van der Waals surface area contributed by atoms with Gasteiger partial charge >= 0.3 is 0 Å². The van der Waals surface area contributed by atoms with Crippen LogP contribution in [0.1, 0.15) is 30.0 Å². The Labute approximate surface area is 122 Å². The SMILES string of the molecule is Brc1ccc(C2CCCN2Cc2ccccc2)cn1. The summed E-state index contributed by atoms with van der Waals surface area (Å²) in [6.07, 6.45) is 4.50. The Hall–Kier alpha value is -1.19. The fourth-order valence-corrected chi connectivity index (χ4v) is 3.03. The van der Waals surface area contributed by atoms with Gasteiger partial charge in [-0.2, -0.15) is 0 Å². The highest BCUT2D eigenvalue weighted by Crippen LogP contribution is 2.33. The Balaban J connectivity index is 1.76. The van der Waals surface area contributed by atoms with Gasteiger partial charge in [-0.25, -0.2) is 4.98 Å². The number of benzene rings is 1. The van der Waals surface area contributed by atoms with E-state index in [9.17, 15) is 0 Å². The Bertz CT molecular complexity index is 524. The third-order valence-corrected chi connectivity index (χ3v) is 4.20. The van der Waals surface area contributed by atoms with Crippen molar-refractivity contribution in [2.24, 2.45) is 0 Å². The van der Waals surface area contributed by atoms with E-state index in [4.69, 9.17) is 0 Å². The molecular weight excluding hydrogens is 300 g/mol. The minimum Gasteiger partial charge on any atom is -0.292 e. The van der Waals surface area contributed by atoms with Crippen molar-refractivity contribution in [1.82, 2.24) is 9.88 Å². The van der Waals surface area contributed by atoms with Crippen molar-refractivity contribution in [2.45, 2.75) is 25.4 Å². The minimum absolute atomic E-state index is 0.515. The molecule has 3 rings (SSSR count). The molecule has 1 fully saturated rings. The second kappa shape index (κ2) is 5.85. The lowest BCUT2D eigenvalue weighted by Crippen LogP contribution is -2.22. The highest BCUT2D eigenvalue weighted by Gasteiger charge is 2.25. The van der Waals surface area contributed by atoms with Crippen molar-refractivity contribution >= 4 is 15.9 Å². The molecule has 0 spiro atoms. The minimum atomic E-state index is 0.515. The van der Waals surface area contributed by atoms with Crippen LogP contribution in [-0.2, 0) is 6.54 Å². The van der Waals surface area contributed by atoms with Gasteiger partial charge in [-0.1, -0.05) is 36.4 Å². The van der Waals surface area contributed by atoms with Gasteiger partial charge < -0.3 is 0 Å². The Kier molecular flexibility index (Phi) is 3.95. The summed E-state index contributed by atoms with van der Waals surface area (Å²) in [5, 5.41) is 0. The smallest absolute Gasteiger partial charge is 0.106 e. The molecule has 0 aliphatic carbocycles. The van der Waals surface area contributed by atoms with Crippen LogP contribution in [0.4, 0.5) is 0 Å². The number of aromatic nitrogens is 1. The van der Waals surface area contributed by atoms with E-state index in [2.05, 4.69) is 62.2 Å². The predicted molar refractivity (Wildman–Crippen MR) is 80.8 cm³/mol. The van der Waals surface area contributed by atoms with Gasteiger partial charge in [0.25, 0.3) is 0 Å². The maximum absolute atomic E-state index is 4.36. The van der Waals surface area contributed by atoms with Crippen molar-refractivity contribution in [1.29, 1.82) is 0 Å². The third-order valence-electron chi connectivity index (χ3n) is 3.73. The molecule has 0 bridgehead atoms. The molecule has 0 radical (unpaired) electrons. The summed E-state index contributed by atoms with van der Waals surface area (Å²) in [7, 11) is 0. The number of hydrogen-bond acceptors (Lipinski definition) is 2. The average molecular weight is 317 g/mol. The number of rotatable bonds is 3. The summed E-state index contributed by atoms with van der Waals surface area (Å²) < 4.78 is 0.906. The summed E-state index contributed by atoms with van der Waals surface area (Å²) in [6.45, 7) is 2.21. The Morgan fingerprint density at radius 2 is 2.00 bits per heavy atom. The number of likely N-dealkylation sites (tertiary alicyclic amines) is 1. The normalized spacial score (nSPS) is 19.7. The molecule has 1 aliphatic heterocycles. The number of halogens is 1. The predicted octanol–water partition coefficient (Wildman–Crippen LogP) is 4.18. The molecule has 1 aliphatic rings. The topological polar surface area (TPSA) is 16.1 Å². The third kappa shape index (κ3) is 3.04. The average Bonchev–Trinajstić information content (AvgIpc) is 2.89. The monoisotopic (exact) mass is 316 g/mol. The largest absolute Gasteiger partial charge is 0.292 e. The van der Waals surface area contributed by atoms with Gasteiger partial charge in [0, 0.05) is 18.8 Å². The van der Waals surface area contributed by atoms with E-state index in [1.54, 1.807) is 0 Å². The zero-order valence-electron chi connectivity index (χ0n) is 10.8. The first-order chi connectivity index (χ1) is 9.33. The van der Waals surface area contributed by atoms with Gasteiger partial charge in [-0.3, -0.25) is 4.90 Å². The molecule has 2 heterocycles. The molecule has 1 saturated heterocycles. The molecular formula is C16H17BrN2. The van der Waals surface area contributed by atoms with E-state index in [-0.39, 0.29) is 0 Å². The highest BCUT2D eigenvalue weighted by molar-refractivity contribution is 9.10. The molecule has 1 aromatic carbocycles. The van der Waals surface area contributed by atoms with Gasteiger partial charge in [0.05, 0.1) is 0 Å². The van der Waals surface area contributed by atoms with Crippen molar-refractivity contribution in [3.8, 4) is 0 Å². The zero-order valence-corrected chi connectivity index (χ0v) is 12.4. The molecule has 98 valence electrons. The first kappa shape index (κ1) is 12.8. The summed E-state index contributed by atoms with van der Waals surface area (Å²) in [6, 6.07) is 15.4. The zero-order chi connectivity index (χ0) is 13.1. The van der Waals surface area contributed by atoms with E-state index >= 15 is 0 Å². The van der Waals surface area contributed by atoms with Gasteiger partial charge in [-0.15, -0.1) is 0 Å². The molecule has 1 unspecified atom stereocenters. The van der Waals surface area contributed by atoms with Crippen LogP contribution in [0.3, 0.4) is 0 Å². The van der Waals surface area contributed by atoms with Crippen LogP contribution in [-0.4, -0.2) is 16.4 Å². The number of nitrogens with zero attached hydrogens (tertiary/aromatic N) is 2. The summed E-state index contributed by atoms with van der Waals surface area (Å²) in [5.74, 6) is 0. The molecule has 2 aromatic rings. The van der Waals surface area contributed by atoms with Crippen molar-refractivity contribution < 1.29 is 0 Å². The van der Waals surface area contributed by atoms with Gasteiger partial charge in [0.15, 0.2) is 0 Å². The van der Waals surface area contributed by atoms with E-state index in [0.717, 1.165) is 11.1 Å². The van der Waals surface area contributed by atoms with Crippen LogP contribution in [0.5, 0.6) is 0 Å². The fraction of sp³-hybridized carbons (Fsp3) is 0.312. The first-order valence-electron chi connectivity index (χ1n) is 6.72. The van der Waals surface area contributed by atoms with Crippen LogP contribution >= 0.6 is 15.9 Å². The van der Waals surface area contributed by atoms with Gasteiger partial charge in [0.2, 0.25) is 0 Å². The summed E-state index contributed by atoms with van der Waals surface area (Å²) >= 11 is 3.40. The van der Waals surface area contributed by atoms with Gasteiger partial charge in [0.1, 0.15) is 4.60 Å². The molecule has 0 N–H and O–H groups in total. The molecule has 3 heteroatoms. The van der Waals surface area contributed by atoms with E-state index in [1.807, 2.05) is 12.3 Å². The van der Waals surface area contributed by atoms with E-state index in [1.165, 1.54) is 30.5 Å². The summed E-state index contributed by atoms with van der Waals surface area (Å²) in [4.78, 5) is 6.91. The number of pyridine rings is 1. The fourth-order valence-electron chi connectivity index (χ4n) is 2.80. The molecule has 2 nitrogen and oxygen atoms in total. The molecule has 1 aromatic heterocycles. The summed E-state index contributed by atoms with van der Waals surface area (Å²) in [5.41, 5.74) is 2.72. The van der Waals surface area contributed by atoms with Gasteiger partial charge in [-0.05, 0) is 52.5 Å². The standard InChI is InChI=1S/C16H17BrN2/c17-16-9-8-14(11-18-16)15-7-4-10-19(15)12-13-5-2-1-3-6-13/h1-3,5-6,8-9,11,15H,4,7,10,12H2. The number of hydrogen-bond donors (Lipinski definition) is 0. The Morgan fingerprint density at radius 1 is 1.16 bits per heavy atom. The van der Waals surface area contributed by atoms with E-state index in [0.29, 0.717) is 6.04 Å². The lowest BCUT2D eigenvalue weighted by molar-refractivity contribution is 0.248. The van der Waals surface area contributed by atoms with Crippen molar-refractivity contribution in [3.63, 3.8) is 0 Å². The molecule has 19 heavy (non-hydrogen) atoms. The van der Waals surface area contributed by atoms with Crippen LogP contribution in [0.25, 0.3) is 0 Å². The molecule has 1 atom stereocenters. The van der Waals surface area contributed by atoms with Crippen LogP contribution in [0.15, 0.2) is 53.3 Å². The molecule has 0 amide bonds. The lowest BCUT2D eigenvalue weighted by Gasteiger charge is -2.24. The quantitative estimate of drug-likeness (QED) is 0.790. The second-order valence-corrected chi connectivity index (χ2v) is 5.84. The van der Waals surface area contributed by atoms with E-state index < -0.39 is 0 Å². The van der Waals surface area contributed by atoms with Crippen molar-refractivity contribution in [2.75, 3.05) is 6.54 Å². The van der Waals surface area contributed by atoms with Crippen LogP contribution in [0, 0.1) is 0 Å². The first-order valence-corrected chi connectivity index (χ1v) is 7.51. The highest BCUT2D eigenvalue weighted by atomic mass is 79.9. The van der Waals surface area contributed by atoms with Crippen LogP contribution < -0.4 is 0 Å². The second-order valence-electron chi connectivity index (χ2n) is 5.03. The van der Waals surface area contributed by atoms with Crippen molar-refractivity contribution in [3.05, 3.63) is 64.4 Å².